The number of nitrogens with two attached hydrogens (primary N) is 1. The Kier molecular flexibility index (Phi) is 8.85. The van der Waals surface area contributed by atoms with E-state index in [2.05, 4.69) is 10.6 Å². The number of rotatable bonds is 9. The lowest BCUT2D eigenvalue weighted by Crippen LogP contribution is -2.38. The van der Waals surface area contributed by atoms with Gasteiger partial charge in [0.05, 0.1) is 14.9 Å². The second kappa shape index (κ2) is 11.2. The summed E-state index contributed by atoms with van der Waals surface area (Å²) in [7, 11) is -3.85. The quantitative estimate of drug-likeness (QED) is 0.455. The Morgan fingerprint density at radius 1 is 1.24 bits per heavy atom. The van der Waals surface area contributed by atoms with Crippen LogP contribution in [0.3, 0.4) is 0 Å². The van der Waals surface area contributed by atoms with Gasteiger partial charge in [-0.15, -0.1) is 0 Å². The molecule has 2 aliphatic heterocycles. The second-order valence-corrected chi connectivity index (χ2v) is 11.3. The maximum atomic E-state index is 13.2. The summed E-state index contributed by atoms with van der Waals surface area (Å²) in [6, 6.07) is 2.40. The molecular formula is C21H30Cl2N4O5S. The Morgan fingerprint density at radius 3 is 2.48 bits per heavy atom. The van der Waals surface area contributed by atoms with Crippen molar-refractivity contribution >= 4 is 45.0 Å². The van der Waals surface area contributed by atoms with Crippen molar-refractivity contribution in [3.63, 3.8) is 0 Å². The van der Waals surface area contributed by atoms with E-state index in [9.17, 15) is 18.0 Å². The highest BCUT2D eigenvalue weighted by Gasteiger charge is 2.34. The summed E-state index contributed by atoms with van der Waals surface area (Å²) < 4.78 is 33.6. The fraction of sp³-hybridized carbons (Fsp3) is 0.619. The van der Waals surface area contributed by atoms with Gasteiger partial charge in [0.15, 0.2) is 5.75 Å². The van der Waals surface area contributed by atoms with E-state index in [4.69, 9.17) is 33.7 Å². The summed E-state index contributed by atoms with van der Waals surface area (Å²) >= 11 is 12.7. The van der Waals surface area contributed by atoms with Crippen LogP contribution in [-0.4, -0.2) is 62.9 Å². The molecule has 0 aromatic heterocycles. The van der Waals surface area contributed by atoms with Crippen LogP contribution in [0, 0.1) is 5.92 Å². The van der Waals surface area contributed by atoms with Gasteiger partial charge in [0.1, 0.15) is 6.10 Å². The summed E-state index contributed by atoms with van der Waals surface area (Å²) in [4.78, 5) is 23.2. The largest absolute Gasteiger partial charge is 0.487 e. The van der Waals surface area contributed by atoms with Crippen molar-refractivity contribution in [3.8, 4) is 5.75 Å². The first kappa shape index (κ1) is 26.0. The number of primary amides is 1. The minimum atomic E-state index is -3.85. The van der Waals surface area contributed by atoms with Crippen LogP contribution in [0.1, 0.15) is 39.0 Å². The fourth-order valence-electron chi connectivity index (χ4n) is 3.88. The van der Waals surface area contributed by atoms with Crippen molar-refractivity contribution < 1.29 is 22.7 Å². The first-order chi connectivity index (χ1) is 15.6. The molecule has 184 valence electrons. The lowest BCUT2D eigenvalue weighted by molar-refractivity contribution is -0.123. The number of hydrogen-bond acceptors (Lipinski definition) is 6. The van der Waals surface area contributed by atoms with Crippen molar-refractivity contribution in [2.45, 2.75) is 56.1 Å². The van der Waals surface area contributed by atoms with E-state index in [0.717, 1.165) is 25.9 Å². The molecule has 0 spiro atoms. The van der Waals surface area contributed by atoms with Gasteiger partial charge in [-0.25, -0.2) is 8.42 Å². The van der Waals surface area contributed by atoms with Gasteiger partial charge in [-0.3, -0.25) is 9.59 Å². The highest BCUT2D eigenvalue weighted by Crippen LogP contribution is 2.38. The minimum Gasteiger partial charge on any atom is -0.487 e. The van der Waals surface area contributed by atoms with Gasteiger partial charge in [0.2, 0.25) is 21.8 Å². The molecule has 2 atom stereocenters. The Balaban J connectivity index is 1.61. The minimum absolute atomic E-state index is 0.0163. The summed E-state index contributed by atoms with van der Waals surface area (Å²) in [6.07, 6.45) is 2.58. The zero-order chi connectivity index (χ0) is 24.2. The average molecular weight is 521 g/mol. The lowest BCUT2D eigenvalue weighted by Gasteiger charge is -2.25. The van der Waals surface area contributed by atoms with E-state index in [1.165, 1.54) is 16.4 Å². The normalized spacial score (nSPS) is 21.0. The standard InChI is InChI=1S/C21H30Cl2N4O5S/c1-13(21(24)29)2-3-19(28)26-14-6-9-27(12-14)33(30,31)16-10-17(22)20(18(23)11-16)32-15-4-7-25-8-5-15/h10-11,13-15,25H,2-9,12H2,1H3,(H2,24,29)(H,26,28)/t13-,14-/m0/s1. The molecule has 0 unspecified atom stereocenters. The van der Waals surface area contributed by atoms with Crippen LogP contribution in [0.15, 0.2) is 17.0 Å². The third kappa shape index (κ3) is 6.73. The zero-order valence-electron chi connectivity index (χ0n) is 18.5. The molecule has 4 N–H and O–H groups in total. The molecule has 2 heterocycles. The predicted molar refractivity (Wildman–Crippen MR) is 126 cm³/mol. The van der Waals surface area contributed by atoms with E-state index < -0.39 is 21.8 Å². The lowest BCUT2D eigenvalue weighted by atomic mass is 10.0. The van der Waals surface area contributed by atoms with Crippen LogP contribution in [0.5, 0.6) is 5.75 Å². The molecule has 2 saturated heterocycles. The summed E-state index contributed by atoms with van der Waals surface area (Å²) in [5.41, 5.74) is 5.21. The highest BCUT2D eigenvalue weighted by atomic mass is 35.5. The molecule has 33 heavy (non-hydrogen) atoms. The topological polar surface area (TPSA) is 131 Å². The van der Waals surface area contributed by atoms with Crippen molar-refractivity contribution in [2.75, 3.05) is 26.2 Å². The van der Waals surface area contributed by atoms with Crippen LogP contribution < -0.4 is 21.1 Å². The number of halogens is 2. The van der Waals surface area contributed by atoms with E-state index in [1.807, 2.05) is 0 Å². The third-order valence-corrected chi connectivity index (χ3v) is 8.39. The monoisotopic (exact) mass is 520 g/mol. The van der Waals surface area contributed by atoms with Gasteiger partial charge in [-0.1, -0.05) is 30.1 Å². The van der Waals surface area contributed by atoms with Crippen molar-refractivity contribution in [2.24, 2.45) is 11.7 Å². The van der Waals surface area contributed by atoms with Crippen molar-refractivity contribution in [3.05, 3.63) is 22.2 Å². The molecule has 9 nitrogen and oxygen atoms in total. The van der Waals surface area contributed by atoms with Crippen LogP contribution in [0.2, 0.25) is 10.0 Å². The molecule has 0 aliphatic carbocycles. The first-order valence-corrected chi connectivity index (χ1v) is 13.2. The van der Waals surface area contributed by atoms with Gasteiger partial charge in [0.25, 0.3) is 0 Å². The Bertz CT molecular complexity index is 962. The van der Waals surface area contributed by atoms with Crippen molar-refractivity contribution in [1.82, 2.24) is 14.9 Å². The maximum absolute atomic E-state index is 13.2. The van der Waals surface area contributed by atoms with Crippen LogP contribution in [0.25, 0.3) is 0 Å². The molecule has 0 radical (unpaired) electrons. The van der Waals surface area contributed by atoms with Gasteiger partial charge in [-0.05, 0) is 50.9 Å². The predicted octanol–water partition coefficient (Wildman–Crippen LogP) is 1.91. The van der Waals surface area contributed by atoms with Crippen LogP contribution in [-0.2, 0) is 19.6 Å². The number of nitrogens with one attached hydrogen (secondary N) is 2. The Hall–Kier alpha value is -1.59. The molecule has 2 amide bonds. The average Bonchev–Trinajstić information content (AvgIpc) is 3.24. The molecule has 0 saturated carbocycles. The third-order valence-electron chi connectivity index (χ3n) is 5.99. The van der Waals surface area contributed by atoms with Crippen molar-refractivity contribution in [1.29, 1.82) is 0 Å². The molecule has 1 aromatic carbocycles. The smallest absolute Gasteiger partial charge is 0.243 e. The number of benzene rings is 1. The molecule has 12 heteroatoms. The maximum Gasteiger partial charge on any atom is 0.243 e. The van der Waals surface area contributed by atoms with E-state index >= 15 is 0 Å². The second-order valence-electron chi connectivity index (χ2n) is 8.54. The SMILES string of the molecule is C[C@@H](CCC(=O)N[C@H]1CCN(S(=O)(=O)c2cc(Cl)c(OC3CCNCC3)c(Cl)c2)C1)C(N)=O. The Labute approximate surface area is 204 Å². The highest BCUT2D eigenvalue weighted by molar-refractivity contribution is 7.89. The van der Waals surface area contributed by atoms with Gasteiger partial charge >= 0.3 is 0 Å². The molecule has 2 fully saturated rings. The Morgan fingerprint density at radius 2 is 1.88 bits per heavy atom. The fourth-order valence-corrected chi connectivity index (χ4v) is 6.14. The van der Waals surface area contributed by atoms with Crippen LogP contribution in [0.4, 0.5) is 0 Å². The number of carbonyl (C=O) groups is 2. The van der Waals surface area contributed by atoms with E-state index in [0.29, 0.717) is 18.6 Å². The molecule has 1 aromatic rings. The first-order valence-electron chi connectivity index (χ1n) is 11.0. The van der Waals surface area contributed by atoms with E-state index in [-0.39, 0.29) is 52.5 Å². The van der Waals surface area contributed by atoms with Crippen LogP contribution >= 0.6 is 23.2 Å². The number of carbonyl (C=O) groups excluding carboxylic acids is 2. The number of nitrogens with zero attached hydrogens (tertiary/aromatic N) is 1. The van der Waals surface area contributed by atoms with E-state index in [1.54, 1.807) is 6.92 Å². The number of ether oxygens (including phenoxy) is 1. The summed E-state index contributed by atoms with van der Waals surface area (Å²) in [6.45, 7) is 3.74. The molecule has 2 aliphatic rings. The molecular weight excluding hydrogens is 491 g/mol. The molecule has 0 bridgehead atoms. The molecule has 3 rings (SSSR count). The number of amides is 2. The van der Waals surface area contributed by atoms with Gasteiger partial charge in [0, 0.05) is 31.5 Å². The number of sulfonamides is 1. The summed E-state index contributed by atoms with van der Waals surface area (Å²) in [5, 5.41) is 6.37. The summed E-state index contributed by atoms with van der Waals surface area (Å²) in [5.74, 6) is -0.795. The van der Waals surface area contributed by atoms with Gasteiger partial charge < -0.3 is 21.1 Å². The zero-order valence-corrected chi connectivity index (χ0v) is 20.8. The number of hydrogen-bond donors (Lipinski definition) is 3. The van der Waals surface area contributed by atoms with Gasteiger partial charge in [-0.2, -0.15) is 4.31 Å². The number of piperidine rings is 1.